The number of benzene rings is 1. The Bertz CT molecular complexity index is 534. The van der Waals surface area contributed by atoms with Gasteiger partial charge in [-0.2, -0.15) is 0 Å². The summed E-state index contributed by atoms with van der Waals surface area (Å²) in [6.07, 6.45) is 10.1. The molecular formula is C22H33NO. The minimum Gasteiger partial charge on any atom is -0.353 e. The summed E-state index contributed by atoms with van der Waals surface area (Å²) in [6, 6.07) is 10.8. The van der Waals surface area contributed by atoms with Gasteiger partial charge in [-0.15, -0.1) is 0 Å². The van der Waals surface area contributed by atoms with Crippen LogP contribution in [0.4, 0.5) is 0 Å². The van der Waals surface area contributed by atoms with Crippen LogP contribution in [0.2, 0.25) is 0 Å². The summed E-state index contributed by atoms with van der Waals surface area (Å²) in [4.78, 5) is 12.2. The van der Waals surface area contributed by atoms with Gasteiger partial charge in [-0.3, -0.25) is 4.79 Å². The normalized spacial score (nSPS) is 21.4. The topological polar surface area (TPSA) is 29.1 Å². The average Bonchev–Trinajstić information content (AvgIpc) is 3.32. The van der Waals surface area contributed by atoms with E-state index in [9.17, 15) is 4.79 Å². The van der Waals surface area contributed by atoms with Crippen molar-refractivity contribution in [2.75, 3.05) is 0 Å². The summed E-state index contributed by atoms with van der Waals surface area (Å²) in [5.74, 6) is 1.27. The van der Waals surface area contributed by atoms with Crippen LogP contribution < -0.4 is 5.32 Å². The first-order valence-corrected chi connectivity index (χ1v) is 9.68. The third-order valence-electron chi connectivity index (χ3n) is 5.01. The first-order valence-electron chi connectivity index (χ1n) is 9.68. The highest BCUT2D eigenvalue weighted by Crippen LogP contribution is 2.39. The van der Waals surface area contributed by atoms with Crippen LogP contribution in [0.1, 0.15) is 71.3 Å². The zero-order valence-corrected chi connectivity index (χ0v) is 15.6. The highest BCUT2D eigenvalue weighted by Gasteiger charge is 2.40. The largest absolute Gasteiger partial charge is 0.353 e. The van der Waals surface area contributed by atoms with Crippen LogP contribution in [-0.2, 0) is 4.79 Å². The van der Waals surface area contributed by atoms with Gasteiger partial charge in [0.2, 0.25) is 5.91 Å². The van der Waals surface area contributed by atoms with Gasteiger partial charge >= 0.3 is 0 Å². The van der Waals surface area contributed by atoms with Gasteiger partial charge < -0.3 is 5.32 Å². The maximum Gasteiger partial charge on any atom is 0.220 e. The van der Waals surface area contributed by atoms with Crippen LogP contribution >= 0.6 is 0 Å². The molecule has 24 heavy (non-hydrogen) atoms. The van der Waals surface area contributed by atoms with Gasteiger partial charge in [0.25, 0.3) is 0 Å². The van der Waals surface area contributed by atoms with Gasteiger partial charge in [-0.25, -0.2) is 0 Å². The fourth-order valence-electron chi connectivity index (χ4n) is 3.43. The zero-order valence-electron chi connectivity index (χ0n) is 15.6. The van der Waals surface area contributed by atoms with Crippen molar-refractivity contribution in [2.45, 2.75) is 71.8 Å². The van der Waals surface area contributed by atoms with Crippen molar-refractivity contribution in [1.29, 1.82) is 0 Å². The van der Waals surface area contributed by atoms with E-state index in [2.05, 4.69) is 56.4 Å². The highest BCUT2D eigenvalue weighted by atomic mass is 16.1. The fraction of sp³-hybridized carbons (Fsp3) is 0.591. The number of carbonyl (C=O) groups excluding carboxylic acids is 1. The summed E-state index contributed by atoms with van der Waals surface area (Å²) in [5, 5.41) is 3.25. The third-order valence-corrected chi connectivity index (χ3v) is 5.01. The Morgan fingerprint density at radius 2 is 2.00 bits per heavy atom. The van der Waals surface area contributed by atoms with Crippen LogP contribution in [0.25, 0.3) is 6.08 Å². The SMILES string of the molecule is CCCCCC(C)CC(=O)N[C@@H]1C[C@H]1/C(=C/c1ccccc1)CC. The van der Waals surface area contributed by atoms with E-state index in [4.69, 9.17) is 0 Å². The van der Waals surface area contributed by atoms with E-state index < -0.39 is 0 Å². The van der Waals surface area contributed by atoms with Crippen LogP contribution in [-0.4, -0.2) is 11.9 Å². The minimum absolute atomic E-state index is 0.238. The van der Waals surface area contributed by atoms with Gasteiger partial charge in [-0.05, 0) is 24.3 Å². The molecule has 0 bridgehead atoms. The Morgan fingerprint density at radius 3 is 2.67 bits per heavy atom. The molecule has 0 aromatic heterocycles. The Labute approximate surface area is 147 Å². The van der Waals surface area contributed by atoms with E-state index in [1.807, 2.05) is 6.07 Å². The van der Waals surface area contributed by atoms with Crippen molar-refractivity contribution in [2.24, 2.45) is 11.8 Å². The lowest BCUT2D eigenvalue weighted by molar-refractivity contribution is -0.122. The van der Waals surface area contributed by atoms with Gasteiger partial charge in [0, 0.05) is 18.4 Å². The molecule has 1 aromatic rings. The van der Waals surface area contributed by atoms with Crippen molar-refractivity contribution in [3.8, 4) is 0 Å². The van der Waals surface area contributed by atoms with Crippen molar-refractivity contribution in [3.63, 3.8) is 0 Å². The Kier molecular flexibility index (Phi) is 7.55. The predicted octanol–water partition coefficient (Wildman–Crippen LogP) is 5.59. The van der Waals surface area contributed by atoms with E-state index in [1.165, 1.54) is 36.8 Å². The van der Waals surface area contributed by atoms with E-state index in [-0.39, 0.29) is 5.91 Å². The van der Waals surface area contributed by atoms with E-state index in [0.29, 0.717) is 24.3 Å². The number of nitrogens with one attached hydrogen (secondary N) is 1. The second-order valence-electron chi connectivity index (χ2n) is 7.30. The molecule has 0 radical (unpaired) electrons. The van der Waals surface area contributed by atoms with Crippen LogP contribution in [0.3, 0.4) is 0 Å². The first kappa shape index (κ1) is 18.8. The summed E-state index contributed by atoms with van der Waals surface area (Å²) in [5.41, 5.74) is 2.72. The first-order chi connectivity index (χ1) is 11.6. The second kappa shape index (κ2) is 9.66. The molecule has 0 spiro atoms. The molecule has 1 aliphatic carbocycles. The van der Waals surface area contributed by atoms with Gasteiger partial charge in [0.1, 0.15) is 0 Å². The number of rotatable bonds is 10. The van der Waals surface area contributed by atoms with Crippen molar-refractivity contribution >= 4 is 12.0 Å². The number of hydrogen-bond donors (Lipinski definition) is 1. The zero-order chi connectivity index (χ0) is 17.4. The fourth-order valence-corrected chi connectivity index (χ4v) is 3.43. The molecule has 1 amide bonds. The van der Waals surface area contributed by atoms with E-state index >= 15 is 0 Å². The number of unbranched alkanes of at least 4 members (excludes halogenated alkanes) is 2. The van der Waals surface area contributed by atoms with E-state index in [0.717, 1.165) is 12.8 Å². The molecule has 1 aliphatic rings. The monoisotopic (exact) mass is 327 g/mol. The quantitative estimate of drug-likeness (QED) is 0.557. The predicted molar refractivity (Wildman–Crippen MR) is 103 cm³/mol. The maximum atomic E-state index is 12.2. The summed E-state index contributed by atoms with van der Waals surface area (Å²) >= 11 is 0. The molecule has 1 aromatic carbocycles. The van der Waals surface area contributed by atoms with Crippen molar-refractivity contribution < 1.29 is 4.79 Å². The third kappa shape index (κ3) is 6.14. The molecule has 2 nitrogen and oxygen atoms in total. The molecule has 1 unspecified atom stereocenters. The van der Waals surface area contributed by atoms with Crippen molar-refractivity contribution in [3.05, 3.63) is 41.5 Å². The lowest BCUT2D eigenvalue weighted by Gasteiger charge is -2.12. The molecule has 1 N–H and O–H groups in total. The van der Waals surface area contributed by atoms with Crippen molar-refractivity contribution in [1.82, 2.24) is 5.32 Å². The number of carbonyl (C=O) groups is 1. The second-order valence-corrected chi connectivity index (χ2v) is 7.30. The Hall–Kier alpha value is -1.57. The molecule has 132 valence electrons. The maximum absolute atomic E-state index is 12.2. The van der Waals surface area contributed by atoms with Crippen LogP contribution in [0.5, 0.6) is 0 Å². The molecule has 1 fully saturated rings. The standard InChI is InChI=1S/C22H33NO/c1-4-6-8-11-17(3)14-22(24)23-21-16-20(21)19(5-2)15-18-12-9-7-10-13-18/h7,9-10,12-13,15,17,20-21H,4-6,8,11,14,16H2,1-3H3,(H,23,24)/b19-15+/t17?,20-,21+/m0/s1. The van der Waals surface area contributed by atoms with Crippen LogP contribution in [0, 0.1) is 11.8 Å². The Balaban J connectivity index is 1.77. The molecule has 0 heterocycles. The summed E-state index contributed by atoms with van der Waals surface area (Å²) in [7, 11) is 0. The molecule has 1 saturated carbocycles. The molecule has 0 aliphatic heterocycles. The smallest absolute Gasteiger partial charge is 0.220 e. The molecular weight excluding hydrogens is 294 g/mol. The lowest BCUT2D eigenvalue weighted by atomic mass is 9.99. The molecule has 2 rings (SSSR count). The van der Waals surface area contributed by atoms with Crippen LogP contribution in [0.15, 0.2) is 35.9 Å². The van der Waals surface area contributed by atoms with E-state index in [1.54, 1.807) is 0 Å². The Morgan fingerprint density at radius 1 is 1.25 bits per heavy atom. The molecule has 0 saturated heterocycles. The number of amides is 1. The highest BCUT2D eigenvalue weighted by molar-refractivity contribution is 5.77. The minimum atomic E-state index is 0.238. The number of hydrogen-bond acceptors (Lipinski definition) is 1. The summed E-state index contributed by atoms with van der Waals surface area (Å²) in [6.45, 7) is 6.63. The molecule has 3 atom stereocenters. The van der Waals surface area contributed by atoms with Gasteiger partial charge in [-0.1, -0.05) is 88.4 Å². The van der Waals surface area contributed by atoms with Gasteiger partial charge in [0.15, 0.2) is 0 Å². The average molecular weight is 328 g/mol. The molecule has 2 heteroatoms. The van der Waals surface area contributed by atoms with Gasteiger partial charge in [0.05, 0.1) is 0 Å². The lowest BCUT2D eigenvalue weighted by Crippen LogP contribution is -2.28. The summed E-state index contributed by atoms with van der Waals surface area (Å²) < 4.78 is 0.